The zero-order valence-corrected chi connectivity index (χ0v) is 16.1. The van der Waals surface area contributed by atoms with Crippen LogP contribution in [0, 0.1) is 0 Å². The van der Waals surface area contributed by atoms with Gasteiger partial charge >= 0.3 is 0 Å². The van der Waals surface area contributed by atoms with Crippen LogP contribution in [0.4, 0.5) is 5.69 Å². The predicted octanol–water partition coefficient (Wildman–Crippen LogP) is 1.52. The summed E-state index contributed by atoms with van der Waals surface area (Å²) in [5.41, 5.74) is 1.39. The van der Waals surface area contributed by atoms with Gasteiger partial charge in [0, 0.05) is 39.4 Å². The molecule has 7 nitrogen and oxygen atoms in total. The number of methoxy groups -OCH3 is 1. The highest BCUT2D eigenvalue weighted by Gasteiger charge is 2.28. The molecule has 1 aromatic rings. The standard InChI is InChI=1S/C19H29N3O4/c1-5-22(6-2)18(23)12-15-13-26-17-8-7-14(11-16(17)21(15)3)19(24)20-9-10-25-4/h7-8,11,15H,5-6,9-10,12-13H2,1-4H3,(H,20,24)/t15-/m1/s1. The fourth-order valence-electron chi connectivity index (χ4n) is 3.02. The molecule has 2 rings (SSSR count). The molecule has 0 spiro atoms. The van der Waals surface area contributed by atoms with Gasteiger partial charge in [0.1, 0.15) is 12.4 Å². The van der Waals surface area contributed by atoms with Crippen molar-refractivity contribution < 1.29 is 19.1 Å². The molecule has 2 amide bonds. The average Bonchev–Trinajstić information content (AvgIpc) is 2.65. The third kappa shape index (κ3) is 4.66. The van der Waals surface area contributed by atoms with Gasteiger partial charge < -0.3 is 24.6 Å². The van der Waals surface area contributed by atoms with Crippen molar-refractivity contribution in [1.82, 2.24) is 10.2 Å². The van der Waals surface area contributed by atoms with Gasteiger partial charge in [0.2, 0.25) is 5.91 Å². The minimum atomic E-state index is -0.153. The minimum absolute atomic E-state index is 0.0533. The summed E-state index contributed by atoms with van der Waals surface area (Å²) in [6, 6.07) is 5.31. The molecule has 0 aliphatic carbocycles. The van der Waals surface area contributed by atoms with Crippen molar-refractivity contribution in [2.24, 2.45) is 0 Å². The Bertz CT molecular complexity index is 631. The van der Waals surface area contributed by atoms with Gasteiger partial charge in [-0.2, -0.15) is 0 Å². The topological polar surface area (TPSA) is 71.1 Å². The summed E-state index contributed by atoms with van der Waals surface area (Å²) < 4.78 is 10.8. The lowest BCUT2D eigenvalue weighted by Crippen LogP contribution is -2.44. The Balaban J connectivity index is 2.09. The van der Waals surface area contributed by atoms with Gasteiger partial charge in [-0.25, -0.2) is 0 Å². The van der Waals surface area contributed by atoms with E-state index in [0.717, 1.165) is 11.4 Å². The van der Waals surface area contributed by atoms with Gasteiger partial charge in [-0.15, -0.1) is 0 Å². The number of carbonyl (C=O) groups excluding carboxylic acids is 2. The second kappa shape index (κ2) is 9.43. The van der Waals surface area contributed by atoms with Crippen molar-refractivity contribution in [1.29, 1.82) is 0 Å². The lowest BCUT2D eigenvalue weighted by molar-refractivity contribution is -0.131. The van der Waals surface area contributed by atoms with Gasteiger partial charge in [-0.05, 0) is 32.0 Å². The quantitative estimate of drug-likeness (QED) is 0.709. The monoisotopic (exact) mass is 363 g/mol. The molecule has 26 heavy (non-hydrogen) atoms. The van der Waals surface area contributed by atoms with Gasteiger partial charge in [0.05, 0.1) is 24.8 Å². The number of nitrogens with zero attached hydrogens (tertiary/aromatic N) is 2. The molecule has 0 saturated carbocycles. The molecule has 1 aromatic carbocycles. The van der Waals surface area contributed by atoms with E-state index in [1.165, 1.54) is 0 Å². The van der Waals surface area contributed by atoms with Crippen molar-refractivity contribution in [2.75, 3.05) is 51.9 Å². The number of rotatable bonds is 8. The molecule has 0 radical (unpaired) electrons. The molecule has 1 N–H and O–H groups in total. The summed E-state index contributed by atoms with van der Waals surface area (Å²) in [4.78, 5) is 28.5. The molecular formula is C19H29N3O4. The maximum Gasteiger partial charge on any atom is 0.251 e. The van der Waals surface area contributed by atoms with Crippen molar-refractivity contribution in [3.63, 3.8) is 0 Å². The highest BCUT2D eigenvalue weighted by molar-refractivity contribution is 5.95. The van der Waals surface area contributed by atoms with Crippen LogP contribution in [0.1, 0.15) is 30.6 Å². The number of likely N-dealkylation sites (N-methyl/N-ethyl adjacent to an activating group) is 1. The third-order valence-corrected chi connectivity index (χ3v) is 4.70. The number of hydrogen-bond donors (Lipinski definition) is 1. The number of hydrogen-bond acceptors (Lipinski definition) is 5. The van der Waals surface area contributed by atoms with E-state index in [2.05, 4.69) is 5.32 Å². The molecule has 0 fully saturated rings. The van der Waals surface area contributed by atoms with Crippen LogP contribution < -0.4 is 15.0 Å². The molecule has 0 bridgehead atoms. The van der Waals surface area contributed by atoms with Gasteiger partial charge in [0.15, 0.2) is 0 Å². The van der Waals surface area contributed by atoms with Crippen LogP contribution in [-0.4, -0.2) is 69.8 Å². The third-order valence-electron chi connectivity index (χ3n) is 4.70. The number of nitrogens with one attached hydrogen (secondary N) is 1. The van der Waals surface area contributed by atoms with E-state index < -0.39 is 0 Å². The van der Waals surface area contributed by atoms with Crippen molar-refractivity contribution >= 4 is 17.5 Å². The van der Waals surface area contributed by atoms with Gasteiger partial charge in [-0.1, -0.05) is 0 Å². The summed E-state index contributed by atoms with van der Waals surface area (Å²) in [6.45, 7) is 6.74. The number of carbonyl (C=O) groups is 2. The summed E-state index contributed by atoms with van der Waals surface area (Å²) in [6.07, 6.45) is 0.391. The normalized spacial score (nSPS) is 15.8. The van der Waals surface area contributed by atoms with E-state index >= 15 is 0 Å². The molecule has 1 aliphatic heterocycles. The van der Waals surface area contributed by atoms with Crippen molar-refractivity contribution in [3.05, 3.63) is 23.8 Å². The lowest BCUT2D eigenvalue weighted by Gasteiger charge is -2.36. The van der Waals surface area contributed by atoms with Crippen LogP contribution in [-0.2, 0) is 9.53 Å². The first-order chi connectivity index (χ1) is 12.5. The Kier molecular flexibility index (Phi) is 7.26. The number of ether oxygens (including phenoxy) is 2. The fourth-order valence-corrected chi connectivity index (χ4v) is 3.02. The van der Waals surface area contributed by atoms with Crippen LogP contribution in [0.15, 0.2) is 18.2 Å². The summed E-state index contributed by atoms with van der Waals surface area (Å²) >= 11 is 0. The molecule has 0 aromatic heterocycles. The van der Waals surface area contributed by atoms with Crippen LogP contribution in [0.5, 0.6) is 5.75 Å². The zero-order chi connectivity index (χ0) is 19.1. The second-order valence-electron chi connectivity index (χ2n) is 6.28. The van der Waals surface area contributed by atoms with Crippen LogP contribution in [0.3, 0.4) is 0 Å². The molecule has 7 heteroatoms. The Morgan fingerprint density at radius 2 is 2.08 bits per heavy atom. The fraction of sp³-hybridized carbons (Fsp3) is 0.579. The number of benzene rings is 1. The predicted molar refractivity (Wildman–Crippen MR) is 101 cm³/mol. The largest absolute Gasteiger partial charge is 0.489 e. The maximum atomic E-state index is 12.4. The van der Waals surface area contributed by atoms with E-state index in [-0.39, 0.29) is 17.9 Å². The first-order valence-electron chi connectivity index (χ1n) is 9.06. The molecule has 1 heterocycles. The Hall–Kier alpha value is -2.28. The number of amides is 2. The van der Waals surface area contributed by atoms with Crippen LogP contribution in [0.25, 0.3) is 0 Å². The van der Waals surface area contributed by atoms with E-state index in [9.17, 15) is 9.59 Å². The van der Waals surface area contributed by atoms with Crippen molar-refractivity contribution in [2.45, 2.75) is 26.3 Å². The first kappa shape index (κ1) is 20.0. The van der Waals surface area contributed by atoms with E-state index in [0.29, 0.717) is 44.8 Å². The summed E-state index contributed by atoms with van der Waals surface area (Å²) in [5.74, 6) is 0.694. The molecule has 144 valence electrons. The highest BCUT2D eigenvalue weighted by Crippen LogP contribution is 2.34. The van der Waals surface area contributed by atoms with Gasteiger partial charge in [-0.3, -0.25) is 9.59 Å². The maximum absolute atomic E-state index is 12.4. The molecule has 0 saturated heterocycles. The van der Waals surface area contributed by atoms with Crippen molar-refractivity contribution in [3.8, 4) is 5.75 Å². The first-order valence-corrected chi connectivity index (χ1v) is 9.06. The molecule has 1 aliphatic rings. The Morgan fingerprint density at radius 1 is 1.35 bits per heavy atom. The van der Waals surface area contributed by atoms with Crippen LogP contribution in [0.2, 0.25) is 0 Å². The lowest BCUT2D eigenvalue weighted by atomic mass is 10.1. The molecule has 1 atom stereocenters. The second-order valence-corrected chi connectivity index (χ2v) is 6.28. The smallest absolute Gasteiger partial charge is 0.251 e. The van der Waals surface area contributed by atoms with E-state index in [1.807, 2.05) is 36.8 Å². The SMILES string of the molecule is CCN(CC)C(=O)C[C@@H]1COc2ccc(C(=O)NCCOC)cc2N1C. The van der Waals surface area contributed by atoms with E-state index in [4.69, 9.17) is 9.47 Å². The highest BCUT2D eigenvalue weighted by atomic mass is 16.5. The molecular weight excluding hydrogens is 334 g/mol. The summed E-state index contributed by atoms with van der Waals surface area (Å²) in [5, 5.41) is 2.81. The summed E-state index contributed by atoms with van der Waals surface area (Å²) in [7, 11) is 3.53. The Labute approximate surface area is 155 Å². The van der Waals surface area contributed by atoms with Crippen LogP contribution >= 0.6 is 0 Å². The zero-order valence-electron chi connectivity index (χ0n) is 16.1. The minimum Gasteiger partial charge on any atom is -0.489 e. The number of fused-ring (bicyclic) bond motifs is 1. The van der Waals surface area contributed by atoms with E-state index in [1.54, 1.807) is 19.2 Å². The Morgan fingerprint density at radius 3 is 2.73 bits per heavy atom. The van der Waals surface area contributed by atoms with Gasteiger partial charge in [0.25, 0.3) is 5.91 Å². The molecule has 0 unspecified atom stereocenters. The number of anilines is 1. The average molecular weight is 363 g/mol.